The molecular weight excluding hydrogens is 472 g/mol. The Hall–Kier alpha value is -3.29. The number of rotatable bonds is 8. The molecule has 1 N–H and O–H groups in total. The number of benzene rings is 2. The van der Waals surface area contributed by atoms with Gasteiger partial charge in [0, 0.05) is 35.4 Å². The second-order valence-electron chi connectivity index (χ2n) is 11.3. The summed E-state index contributed by atoms with van der Waals surface area (Å²) in [5.41, 5.74) is 4.16. The minimum absolute atomic E-state index is 0.163. The standard InChI is InChI=1S/C31H38N6O/c1-21-27(25-14-7-11-22-10-5-6-13-24(22)25)32-18-26-28(21)34-30(38-19-23-12-8-17-37(23)4)35-29(26)33-20-31(36(2)3)15-9-16-31/h5-7,10-11,13-14,18,23H,8-9,12,15-17,19-20H2,1-4H3,(H,33,34,35)/t23-/m1/s1. The molecule has 1 aliphatic carbocycles. The van der Waals surface area contributed by atoms with Gasteiger partial charge in [0.05, 0.1) is 16.6 Å². The topological polar surface area (TPSA) is 66.4 Å². The average molecular weight is 511 g/mol. The third kappa shape index (κ3) is 4.48. The molecule has 0 bridgehead atoms. The molecule has 1 saturated heterocycles. The second kappa shape index (κ2) is 10.1. The predicted octanol–water partition coefficient (Wildman–Crippen LogP) is 5.52. The van der Waals surface area contributed by atoms with Crippen molar-refractivity contribution in [3.63, 3.8) is 0 Å². The zero-order valence-electron chi connectivity index (χ0n) is 23.0. The number of likely N-dealkylation sites (tertiary alicyclic amines) is 1. The van der Waals surface area contributed by atoms with Crippen LogP contribution >= 0.6 is 0 Å². The van der Waals surface area contributed by atoms with Crippen LogP contribution in [0.4, 0.5) is 5.82 Å². The van der Waals surface area contributed by atoms with Gasteiger partial charge < -0.3 is 19.9 Å². The van der Waals surface area contributed by atoms with Crippen LogP contribution in [0.25, 0.3) is 32.9 Å². The van der Waals surface area contributed by atoms with Gasteiger partial charge in [-0.1, -0.05) is 42.5 Å². The van der Waals surface area contributed by atoms with Crippen LogP contribution in [-0.4, -0.2) is 77.2 Å². The van der Waals surface area contributed by atoms with Crippen molar-refractivity contribution in [1.29, 1.82) is 0 Å². The van der Waals surface area contributed by atoms with E-state index < -0.39 is 0 Å². The van der Waals surface area contributed by atoms with E-state index in [0.29, 0.717) is 18.7 Å². The molecule has 198 valence electrons. The van der Waals surface area contributed by atoms with Crippen LogP contribution in [0.3, 0.4) is 0 Å². The fraction of sp³-hybridized carbons (Fsp3) is 0.452. The molecule has 0 radical (unpaired) electrons. The van der Waals surface area contributed by atoms with E-state index in [2.05, 4.69) is 85.6 Å². The highest BCUT2D eigenvalue weighted by Gasteiger charge is 2.39. The molecule has 38 heavy (non-hydrogen) atoms. The Morgan fingerprint density at radius 3 is 2.61 bits per heavy atom. The second-order valence-corrected chi connectivity index (χ2v) is 11.3. The summed E-state index contributed by atoms with van der Waals surface area (Å²) in [6.45, 7) is 4.67. The normalized spacial score (nSPS) is 19.2. The molecule has 4 aromatic rings. The molecular formula is C31H38N6O. The van der Waals surface area contributed by atoms with E-state index in [4.69, 9.17) is 19.7 Å². The first-order valence-corrected chi connectivity index (χ1v) is 13.8. The van der Waals surface area contributed by atoms with E-state index in [1.807, 2.05) is 6.20 Å². The molecule has 6 rings (SSSR count). The van der Waals surface area contributed by atoms with Crippen molar-refractivity contribution in [3.8, 4) is 17.3 Å². The van der Waals surface area contributed by atoms with Crippen LogP contribution in [0.15, 0.2) is 48.7 Å². The first-order chi connectivity index (χ1) is 18.4. The number of hydrogen-bond acceptors (Lipinski definition) is 7. The summed E-state index contributed by atoms with van der Waals surface area (Å²) in [5.74, 6) is 0.804. The summed E-state index contributed by atoms with van der Waals surface area (Å²) >= 11 is 0. The molecule has 7 nitrogen and oxygen atoms in total. The summed E-state index contributed by atoms with van der Waals surface area (Å²) < 4.78 is 6.26. The molecule has 1 saturated carbocycles. The number of aryl methyl sites for hydroxylation is 1. The number of pyridine rings is 1. The number of anilines is 1. The molecule has 2 aromatic carbocycles. The van der Waals surface area contributed by atoms with Crippen LogP contribution in [0.2, 0.25) is 0 Å². The Morgan fingerprint density at radius 1 is 1.05 bits per heavy atom. The lowest BCUT2D eigenvalue weighted by Gasteiger charge is -2.47. The Balaban J connectivity index is 1.41. The van der Waals surface area contributed by atoms with Crippen molar-refractivity contribution in [3.05, 3.63) is 54.2 Å². The highest BCUT2D eigenvalue weighted by Crippen LogP contribution is 2.38. The minimum atomic E-state index is 0.163. The lowest BCUT2D eigenvalue weighted by molar-refractivity contribution is 0.0738. The summed E-state index contributed by atoms with van der Waals surface area (Å²) in [5, 5.41) is 7.01. The van der Waals surface area contributed by atoms with E-state index in [-0.39, 0.29) is 5.54 Å². The molecule has 1 atom stereocenters. The van der Waals surface area contributed by atoms with Crippen molar-refractivity contribution in [2.24, 2.45) is 0 Å². The van der Waals surface area contributed by atoms with Gasteiger partial charge in [-0.25, -0.2) is 0 Å². The first kappa shape index (κ1) is 25.0. The molecule has 3 heterocycles. The van der Waals surface area contributed by atoms with Crippen LogP contribution in [0.5, 0.6) is 6.01 Å². The lowest BCUT2D eigenvalue weighted by Crippen LogP contribution is -2.54. The van der Waals surface area contributed by atoms with Crippen LogP contribution in [0.1, 0.15) is 37.7 Å². The van der Waals surface area contributed by atoms with E-state index in [1.54, 1.807) is 0 Å². The van der Waals surface area contributed by atoms with Crippen molar-refractivity contribution in [1.82, 2.24) is 24.8 Å². The van der Waals surface area contributed by atoms with Gasteiger partial charge in [-0.15, -0.1) is 0 Å². The summed E-state index contributed by atoms with van der Waals surface area (Å²) in [6.07, 6.45) is 7.93. The van der Waals surface area contributed by atoms with Gasteiger partial charge in [-0.3, -0.25) is 4.98 Å². The monoisotopic (exact) mass is 510 g/mol. The summed E-state index contributed by atoms with van der Waals surface area (Å²) in [7, 11) is 6.52. The van der Waals surface area contributed by atoms with Gasteiger partial charge in [0.15, 0.2) is 0 Å². The van der Waals surface area contributed by atoms with E-state index in [1.165, 1.54) is 36.5 Å². The number of hydrogen-bond donors (Lipinski definition) is 1. The van der Waals surface area contributed by atoms with Crippen LogP contribution < -0.4 is 10.1 Å². The predicted molar refractivity (Wildman–Crippen MR) is 155 cm³/mol. The van der Waals surface area contributed by atoms with Gasteiger partial charge in [0.25, 0.3) is 0 Å². The van der Waals surface area contributed by atoms with Crippen molar-refractivity contribution < 1.29 is 4.74 Å². The van der Waals surface area contributed by atoms with Crippen LogP contribution in [0, 0.1) is 6.92 Å². The largest absolute Gasteiger partial charge is 0.462 e. The van der Waals surface area contributed by atoms with Gasteiger partial charge in [-0.2, -0.15) is 9.97 Å². The van der Waals surface area contributed by atoms with Crippen molar-refractivity contribution >= 4 is 27.5 Å². The number of aromatic nitrogens is 3. The van der Waals surface area contributed by atoms with Gasteiger partial charge in [0.1, 0.15) is 12.4 Å². The smallest absolute Gasteiger partial charge is 0.319 e. The third-order valence-electron chi connectivity index (χ3n) is 8.90. The molecule has 2 aromatic heterocycles. The minimum Gasteiger partial charge on any atom is -0.462 e. The molecule has 2 aliphatic rings. The maximum Gasteiger partial charge on any atom is 0.319 e. The number of likely N-dealkylation sites (N-methyl/N-ethyl adjacent to an activating group) is 2. The number of nitrogens with one attached hydrogen (secondary N) is 1. The maximum absolute atomic E-state index is 6.26. The lowest BCUT2D eigenvalue weighted by atomic mass is 9.75. The van der Waals surface area contributed by atoms with Crippen molar-refractivity contribution in [2.75, 3.05) is 46.2 Å². The van der Waals surface area contributed by atoms with E-state index in [0.717, 1.165) is 53.1 Å². The number of nitrogens with zero attached hydrogens (tertiary/aromatic N) is 5. The van der Waals surface area contributed by atoms with Gasteiger partial charge in [0.2, 0.25) is 0 Å². The molecule has 7 heteroatoms. The quantitative estimate of drug-likeness (QED) is 0.335. The molecule has 1 aliphatic heterocycles. The highest BCUT2D eigenvalue weighted by atomic mass is 16.5. The zero-order valence-corrected chi connectivity index (χ0v) is 23.0. The Kier molecular flexibility index (Phi) is 6.66. The van der Waals surface area contributed by atoms with Crippen molar-refractivity contribution in [2.45, 2.75) is 50.6 Å². The van der Waals surface area contributed by atoms with Gasteiger partial charge in [-0.05, 0) is 77.5 Å². The van der Waals surface area contributed by atoms with E-state index >= 15 is 0 Å². The highest BCUT2D eigenvalue weighted by molar-refractivity contribution is 6.00. The number of fused-ring (bicyclic) bond motifs is 2. The molecule has 0 amide bonds. The average Bonchev–Trinajstić information content (AvgIpc) is 3.31. The van der Waals surface area contributed by atoms with Gasteiger partial charge >= 0.3 is 6.01 Å². The fourth-order valence-corrected chi connectivity index (χ4v) is 6.07. The fourth-order valence-electron chi connectivity index (χ4n) is 6.07. The molecule has 0 unspecified atom stereocenters. The van der Waals surface area contributed by atoms with Crippen LogP contribution in [-0.2, 0) is 0 Å². The summed E-state index contributed by atoms with van der Waals surface area (Å²) in [4.78, 5) is 19.5. The summed E-state index contributed by atoms with van der Waals surface area (Å²) in [6, 6.07) is 15.7. The zero-order chi connectivity index (χ0) is 26.3. The maximum atomic E-state index is 6.26. The SMILES string of the molecule is Cc1c(-c2cccc3ccccc23)ncc2c(NCC3(N(C)C)CCC3)nc(OC[C@H]3CCCN3C)nc12. The Labute approximate surface area is 225 Å². The first-order valence-electron chi connectivity index (χ1n) is 13.8. The Morgan fingerprint density at radius 2 is 1.87 bits per heavy atom. The number of ether oxygens (including phenoxy) is 1. The third-order valence-corrected chi connectivity index (χ3v) is 8.90. The molecule has 0 spiro atoms. The Bertz CT molecular complexity index is 1460. The van der Waals surface area contributed by atoms with E-state index in [9.17, 15) is 0 Å². The molecule has 2 fully saturated rings.